The molecule has 0 N–H and O–H groups in total. The molecule has 0 atom stereocenters. The van der Waals surface area contributed by atoms with Gasteiger partial charge in [-0.15, -0.1) is 5.10 Å². The van der Waals surface area contributed by atoms with Crippen LogP contribution in [-0.2, 0) is 0 Å². The Morgan fingerprint density at radius 1 is 0.696 bits per heavy atom. The summed E-state index contributed by atoms with van der Waals surface area (Å²) in [6.45, 7) is 0. The first-order valence-corrected chi connectivity index (χ1v) is 7.50. The van der Waals surface area contributed by atoms with E-state index in [9.17, 15) is 0 Å². The quantitative estimate of drug-likeness (QED) is 0.549. The normalized spacial score (nSPS) is 10.8. The van der Waals surface area contributed by atoms with E-state index in [1.807, 2.05) is 60.7 Å². The topological polar surface area (TPSA) is 51.6 Å². The van der Waals surface area contributed by atoms with Crippen LogP contribution in [0.1, 0.15) is 0 Å². The fraction of sp³-hybridized carbons (Fsp3) is 0. The van der Waals surface area contributed by atoms with E-state index in [-0.39, 0.29) is 0 Å². The highest BCUT2D eigenvalue weighted by molar-refractivity contribution is 6.34. The molecule has 0 unspecified atom stereocenters. The maximum absolute atomic E-state index is 6.21. The van der Waals surface area contributed by atoms with Crippen molar-refractivity contribution in [3.05, 3.63) is 71.9 Å². The third kappa shape index (κ3) is 2.53. The summed E-state index contributed by atoms with van der Waals surface area (Å²) in [4.78, 5) is 9.39. The lowest BCUT2D eigenvalue weighted by molar-refractivity contribution is 1.04. The van der Waals surface area contributed by atoms with Gasteiger partial charge >= 0.3 is 0 Å². The molecule has 4 nitrogen and oxygen atoms in total. The molecule has 0 fully saturated rings. The predicted octanol–water partition coefficient (Wildman–Crippen LogP) is 4.41. The molecule has 0 radical (unpaired) electrons. The average molecular weight is 319 g/mol. The Bertz CT molecular complexity index is 972. The minimum Gasteiger partial charge on any atom is -0.240 e. The molecule has 110 valence electrons. The van der Waals surface area contributed by atoms with Gasteiger partial charge in [0.2, 0.25) is 5.65 Å². The Balaban J connectivity index is 2.07. The van der Waals surface area contributed by atoms with Gasteiger partial charge in [0.25, 0.3) is 0 Å². The molecule has 4 aromatic rings. The van der Waals surface area contributed by atoms with Crippen molar-refractivity contribution in [2.24, 2.45) is 0 Å². The van der Waals surface area contributed by atoms with Crippen molar-refractivity contribution in [3.8, 4) is 22.5 Å². The van der Waals surface area contributed by atoms with Crippen LogP contribution >= 0.6 is 11.6 Å². The second-order valence-electron chi connectivity index (χ2n) is 5.02. The SMILES string of the molecule is Clc1cnnc2nc(-c3ccccc3)c(-c3ccccc3)nc12. The van der Waals surface area contributed by atoms with Crippen molar-refractivity contribution in [1.82, 2.24) is 20.2 Å². The molecular formula is C18H11ClN4. The third-order valence-corrected chi connectivity index (χ3v) is 3.80. The van der Waals surface area contributed by atoms with Gasteiger partial charge < -0.3 is 0 Å². The van der Waals surface area contributed by atoms with Crippen molar-refractivity contribution in [1.29, 1.82) is 0 Å². The highest BCUT2D eigenvalue weighted by atomic mass is 35.5. The Kier molecular flexibility index (Phi) is 3.44. The van der Waals surface area contributed by atoms with Crippen LogP contribution in [0.5, 0.6) is 0 Å². The van der Waals surface area contributed by atoms with E-state index in [2.05, 4.69) is 15.2 Å². The predicted molar refractivity (Wildman–Crippen MR) is 91.0 cm³/mol. The van der Waals surface area contributed by atoms with Crippen molar-refractivity contribution in [2.75, 3.05) is 0 Å². The second-order valence-corrected chi connectivity index (χ2v) is 5.42. The Morgan fingerprint density at radius 3 is 1.87 bits per heavy atom. The number of rotatable bonds is 2. The zero-order chi connectivity index (χ0) is 15.6. The summed E-state index contributed by atoms with van der Waals surface area (Å²) in [5.74, 6) is 0. The van der Waals surface area contributed by atoms with E-state index in [4.69, 9.17) is 16.6 Å². The van der Waals surface area contributed by atoms with Crippen molar-refractivity contribution >= 4 is 22.8 Å². The molecule has 5 heteroatoms. The number of benzene rings is 2. The summed E-state index contributed by atoms with van der Waals surface area (Å²) in [7, 11) is 0. The third-order valence-electron chi connectivity index (χ3n) is 3.52. The maximum Gasteiger partial charge on any atom is 0.202 e. The van der Waals surface area contributed by atoms with Gasteiger partial charge in [0.05, 0.1) is 22.6 Å². The highest BCUT2D eigenvalue weighted by Gasteiger charge is 2.15. The van der Waals surface area contributed by atoms with Gasteiger partial charge in [-0.2, -0.15) is 5.10 Å². The smallest absolute Gasteiger partial charge is 0.202 e. The van der Waals surface area contributed by atoms with Crippen LogP contribution in [0.25, 0.3) is 33.7 Å². The molecule has 0 saturated carbocycles. The van der Waals surface area contributed by atoms with Gasteiger partial charge in [0.1, 0.15) is 5.52 Å². The number of hydrogen-bond donors (Lipinski definition) is 0. The standard InChI is InChI=1S/C18H11ClN4/c19-14-11-20-23-18-17(14)21-15(12-7-3-1-4-8-12)16(22-18)13-9-5-2-6-10-13/h1-11H. The van der Waals surface area contributed by atoms with Crippen molar-refractivity contribution in [3.63, 3.8) is 0 Å². The fourth-order valence-corrected chi connectivity index (χ4v) is 2.62. The number of halogens is 1. The van der Waals surface area contributed by atoms with Gasteiger partial charge in [-0.05, 0) is 0 Å². The molecule has 23 heavy (non-hydrogen) atoms. The van der Waals surface area contributed by atoms with Crippen molar-refractivity contribution < 1.29 is 0 Å². The molecule has 2 aromatic carbocycles. The molecule has 0 spiro atoms. The first-order valence-electron chi connectivity index (χ1n) is 7.13. The number of hydrogen-bond acceptors (Lipinski definition) is 4. The van der Waals surface area contributed by atoms with Crippen LogP contribution in [0.4, 0.5) is 0 Å². The first-order chi connectivity index (χ1) is 11.3. The lowest BCUT2D eigenvalue weighted by Gasteiger charge is -2.10. The molecule has 0 aliphatic carbocycles. The largest absolute Gasteiger partial charge is 0.240 e. The molecule has 0 bridgehead atoms. The second kappa shape index (κ2) is 5.74. The summed E-state index contributed by atoms with van der Waals surface area (Å²) in [6, 6.07) is 19.8. The lowest BCUT2D eigenvalue weighted by Crippen LogP contribution is -1.98. The fourth-order valence-electron chi connectivity index (χ4n) is 2.45. The van der Waals surface area contributed by atoms with Crippen LogP contribution in [0, 0.1) is 0 Å². The molecular weight excluding hydrogens is 308 g/mol. The Morgan fingerprint density at radius 2 is 1.26 bits per heavy atom. The van der Waals surface area contributed by atoms with Gasteiger partial charge in [-0.3, -0.25) is 0 Å². The molecule has 0 aliphatic rings. The monoisotopic (exact) mass is 318 g/mol. The number of aromatic nitrogens is 4. The molecule has 4 rings (SSSR count). The van der Waals surface area contributed by atoms with Gasteiger partial charge in [-0.1, -0.05) is 72.3 Å². The van der Waals surface area contributed by atoms with Gasteiger partial charge in [-0.25, -0.2) is 9.97 Å². The molecule has 0 aliphatic heterocycles. The minimum absolute atomic E-state index is 0.441. The van der Waals surface area contributed by atoms with Crippen LogP contribution in [0.15, 0.2) is 66.9 Å². The van der Waals surface area contributed by atoms with Gasteiger partial charge in [0, 0.05) is 11.1 Å². The Labute approximate surface area is 137 Å². The van der Waals surface area contributed by atoms with E-state index in [0.717, 1.165) is 22.5 Å². The van der Waals surface area contributed by atoms with E-state index < -0.39 is 0 Å². The van der Waals surface area contributed by atoms with E-state index >= 15 is 0 Å². The molecule has 2 aromatic heterocycles. The summed E-state index contributed by atoms with van der Waals surface area (Å²) in [6.07, 6.45) is 1.48. The maximum atomic E-state index is 6.21. The van der Waals surface area contributed by atoms with Crippen molar-refractivity contribution in [2.45, 2.75) is 0 Å². The summed E-state index contributed by atoms with van der Waals surface area (Å²) >= 11 is 6.21. The van der Waals surface area contributed by atoms with Crippen LogP contribution in [0.2, 0.25) is 5.02 Å². The lowest BCUT2D eigenvalue weighted by atomic mass is 10.0. The number of nitrogens with zero attached hydrogens (tertiary/aromatic N) is 4. The number of fused-ring (bicyclic) bond motifs is 1. The molecule has 2 heterocycles. The summed E-state index contributed by atoms with van der Waals surface area (Å²) in [5.41, 5.74) is 4.49. The van der Waals surface area contributed by atoms with E-state index in [1.165, 1.54) is 6.20 Å². The zero-order valence-electron chi connectivity index (χ0n) is 12.0. The van der Waals surface area contributed by atoms with Crippen LogP contribution in [0.3, 0.4) is 0 Å². The minimum atomic E-state index is 0.441. The van der Waals surface area contributed by atoms with Crippen LogP contribution in [-0.4, -0.2) is 20.2 Å². The van der Waals surface area contributed by atoms with Gasteiger partial charge in [0.15, 0.2) is 0 Å². The summed E-state index contributed by atoms with van der Waals surface area (Å²) < 4.78 is 0. The first kappa shape index (κ1) is 13.8. The zero-order valence-corrected chi connectivity index (χ0v) is 12.8. The highest BCUT2D eigenvalue weighted by Crippen LogP contribution is 2.31. The average Bonchev–Trinajstić information content (AvgIpc) is 2.63. The van der Waals surface area contributed by atoms with E-state index in [1.54, 1.807) is 0 Å². The summed E-state index contributed by atoms with van der Waals surface area (Å²) in [5, 5.41) is 8.36. The van der Waals surface area contributed by atoms with Crippen LogP contribution < -0.4 is 0 Å². The molecule has 0 amide bonds. The molecule has 0 saturated heterocycles. The Hall–Kier alpha value is -2.85. The van der Waals surface area contributed by atoms with E-state index in [0.29, 0.717) is 16.2 Å².